The molecule has 1 unspecified atom stereocenters. The molecule has 1 atom stereocenters. The van der Waals surface area contributed by atoms with Crippen molar-refractivity contribution < 1.29 is 9.32 Å². The van der Waals surface area contributed by atoms with E-state index in [9.17, 15) is 4.79 Å². The number of pyridine rings is 1. The zero-order valence-electron chi connectivity index (χ0n) is 12.2. The van der Waals surface area contributed by atoms with Crippen LogP contribution < -0.4 is 10.6 Å². The van der Waals surface area contributed by atoms with Crippen LogP contribution in [0.3, 0.4) is 0 Å². The molecule has 112 valence electrons. The highest BCUT2D eigenvalue weighted by Gasteiger charge is 2.16. The Labute approximate surface area is 123 Å². The number of carbonyl (C=O) groups excluding carboxylic acids is 1. The van der Waals surface area contributed by atoms with E-state index in [-0.39, 0.29) is 5.91 Å². The first-order chi connectivity index (χ1) is 10.3. The molecule has 1 saturated heterocycles. The van der Waals surface area contributed by atoms with E-state index >= 15 is 0 Å². The van der Waals surface area contributed by atoms with Crippen molar-refractivity contribution in [3.05, 3.63) is 23.5 Å². The fraction of sp³-hybridized carbons (Fsp3) is 0.533. The van der Waals surface area contributed by atoms with Crippen LogP contribution in [-0.2, 0) is 6.42 Å². The van der Waals surface area contributed by atoms with Crippen LogP contribution in [0.2, 0.25) is 0 Å². The maximum Gasteiger partial charge on any atom is 0.257 e. The van der Waals surface area contributed by atoms with Crippen LogP contribution >= 0.6 is 0 Å². The van der Waals surface area contributed by atoms with E-state index in [1.54, 1.807) is 6.20 Å². The maximum atomic E-state index is 12.2. The standard InChI is InChI=1S/C15H20N4O2/c1-2-13-12-6-11(9-18-15(12)21-19-13)14(20)17-8-10-4-3-5-16-7-10/h6,9-10,16H,2-5,7-8H2,1H3,(H,17,20). The molecule has 6 nitrogen and oxygen atoms in total. The summed E-state index contributed by atoms with van der Waals surface area (Å²) in [6.45, 7) is 4.76. The fourth-order valence-corrected chi connectivity index (χ4v) is 2.70. The zero-order valence-corrected chi connectivity index (χ0v) is 12.2. The molecule has 0 bridgehead atoms. The van der Waals surface area contributed by atoms with E-state index in [2.05, 4.69) is 20.8 Å². The van der Waals surface area contributed by atoms with Crippen molar-refractivity contribution in [3.63, 3.8) is 0 Å². The summed E-state index contributed by atoms with van der Waals surface area (Å²) in [6.07, 6.45) is 4.64. The Bertz CT molecular complexity index is 632. The van der Waals surface area contributed by atoms with Gasteiger partial charge in [0, 0.05) is 12.7 Å². The monoisotopic (exact) mass is 288 g/mol. The second-order valence-electron chi connectivity index (χ2n) is 5.48. The first-order valence-electron chi connectivity index (χ1n) is 7.51. The zero-order chi connectivity index (χ0) is 14.7. The van der Waals surface area contributed by atoms with Crippen LogP contribution in [0, 0.1) is 5.92 Å². The van der Waals surface area contributed by atoms with Crippen LogP contribution in [0.4, 0.5) is 0 Å². The van der Waals surface area contributed by atoms with Gasteiger partial charge in [-0.05, 0) is 44.3 Å². The lowest BCUT2D eigenvalue weighted by Crippen LogP contribution is -2.38. The summed E-state index contributed by atoms with van der Waals surface area (Å²) >= 11 is 0. The molecule has 0 spiro atoms. The van der Waals surface area contributed by atoms with Crippen molar-refractivity contribution in [2.75, 3.05) is 19.6 Å². The molecule has 1 aliphatic heterocycles. The number of nitrogens with one attached hydrogen (secondary N) is 2. The second-order valence-corrected chi connectivity index (χ2v) is 5.48. The van der Waals surface area contributed by atoms with Crippen LogP contribution in [0.5, 0.6) is 0 Å². The molecular formula is C15H20N4O2. The normalized spacial score (nSPS) is 18.8. The van der Waals surface area contributed by atoms with Crippen LogP contribution in [0.1, 0.15) is 35.8 Å². The Hall–Kier alpha value is -1.95. The van der Waals surface area contributed by atoms with E-state index < -0.39 is 0 Å². The van der Waals surface area contributed by atoms with Crippen molar-refractivity contribution in [2.45, 2.75) is 26.2 Å². The van der Waals surface area contributed by atoms with Gasteiger partial charge in [-0.2, -0.15) is 0 Å². The molecular weight excluding hydrogens is 268 g/mol. The summed E-state index contributed by atoms with van der Waals surface area (Å²) in [7, 11) is 0. The molecule has 0 aromatic carbocycles. The number of nitrogens with zero attached hydrogens (tertiary/aromatic N) is 2. The molecule has 1 amide bonds. The molecule has 0 radical (unpaired) electrons. The predicted octanol–water partition coefficient (Wildman–Crippen LogP) is 1.51. The SMILES string of the molecule is CCc1noc2ncc(C(=O)NCC3CCCNC3)cc12. The van der Waals surface area contributed by atoms with Gasteiger partial charge in [-0.15, -0.1) is 0 Å². The first kappa shape index (κ1) is 14.0. The average Bonchev–Trinajstić information content (AvgIpc) is 2.95. The first-order valence-corrected chi connectivity index (χ1v) is 7.51. The number of amides is 1. The number of fused-ring (bicyclic) bond motifs is 1. The van der Waals surface area contributed by atoms with Crippen molar-refractivity contribution >= 4 is 17.0 Å². The lowest BCUT2D eigenvalue weighted by atomic mass is 10.00. The topological polar surface area (TPSA) is 80.0 Å². The van der Waals surface area contributed by atoms with Gasteiger partial charge in [0.1, 0.15) is 0 Å². The minimum atomic E-state index is -0.0850. The van der Waals surface area contributed by atoms with Gasteiger partial charge in [-0.1, -0.05) is 12.1 Å². The summed E-state index contributed by atoms with van der Waals surface area (Å²) in [5, 5.41) is 11.1. The lowest BCUT2D eigenvalue weighted by Gasteiger charge is -2.22. The summed E-state index contributed by atoms with van der Waals surface area (Å²) in [4.78, 5) is 16.4. The van der Waals surface area contributed by atoms with Crippen molar-refractivity contribution in [3.8, 4) is 0 Å². The number of rotatable bonds is 4. The van der Waals surface area contributed by atoms with Crippen molar-refractivity contribution in [2.24, 2.45) is 5.92 Å². The molecule has 6 heteroatoms. The predicted molar refractivity (Wildman–Crippen MR) is 79.1 cm³/mol. The van der Waals surface area contributed by atoms with E-state index in [0.717, 1.165) is 37.0 Å². The fourth-order valence-electron chi connectivity index (χ4n) is 2.70. The highest BCUT2D eigenvalue weighted by Crippen LogP contribution is 2.18. The number of carbonyl (C=O) groups is 1. The Kier molecular flexibility index (Phi) is 4.15. The number of aryl methyl sites for hydroxylation is 1. The van der Waals surface area contributed by atoms with E-state index in [1.807, 2.05) is 13.0 Å². The quantitative estimate of drug-likeness (QED) is 0.891. The molecule has 3 heterocycles. The average molecular weight is 288 g/mol. The Morgan fingerprint density at radius 3 is 3.24 bits per heavy atom. The third-order valence-electron chi connectivity index (χ3n) is 3.95. The number of piperidine rings is 1. The maximum absolute atomic E-state index is 12.2. The minimum absolute atomic E-state index is 0.0850. The molecule has 1 aliphatic rings. The van der Waals surface area contributed by atoms with Crippen molar-refractivity contribution in [1.29, 1.82) is 0 Å². The number of aromatic nitrogens is 2. The molecule has 2 N–H and O–H groups in total. The molecule has 21 heavy (non-hydrogen) atoms. The Morgan fingerprint density at radius 2 is 2.48 bits per heavy atom. The van der Waals surface area contributed by atoms with E-state index in [0.29, 0.717) is 23.7 Å². The Morgan fingerprint density at radius 1 is 1.57 bits per heavy atom. The molecule has 0 saturated carbocycles. The van der Waals surface area contributed by atoms with Crippen LogP contribution in [0.15, 0.2) is 16.8 Å². The summed E-state index contributed by atoms with van der Waals surface area (Å²) in [5.74, 6) is 0.430. The highest BCUT2D eigenvalue weighted by atomic mass is 16.5. The molecule has 2 aromatic heterocycles. The molecule has 1 fully saturated rings. The van der Waals surface area contributed by atoms with Gasteiger partial charge in [0.05, 0.1) is 16.6 Å². The van der Waals surface area contributed by atoms with Crippen molar-refractivity contribution in [1.82, 2.24) is 20.8 Å². The molecule has 2 aromatic rings. The third kappa shape index (κ3) is 3.05. The van der Waals surface area contributed by atoms with E-state index in [4.69, 9.17) is 4.52 Å². The van der Waals surface area contributed by atoms with Gasteiger partial charge in [0.15, 0.2) is 0 Å². The summed E-state index contributed by atoms with van der Waals surface area (Å²) < 4.78 is 5.13. The highest BCUT2D eigenvalue weighted by molar-refractivity contribution is 5.96. The molecule has 3 rings (SSSR count). The number of hydrogen-bond donors (Lipinski definition) is 2. The van der Waals surface area contributed by atoms with Crippen LogP contribution in [-0.4, -0.2) is 35.7 Å². The summed E-state index contributed by atoms with van der Waals surface area (Å²) in [5.41, 5.74) is 1.88. The van der Waals surface area contributed by atoms with Gasteiger partial charge in [-0.25, -0.2) is 4.98 Å². The van der Waals surface area contributed by atoms with Gasteiger partial charge < -0.3 is 15.2 Å². The third-order valence-corrected chi connectivity index (χ3v) is 3.95. The van der Waals surface area contributed by atoms with Gasteiger partial charge >= 0.3 is 0 Å². The molecule has 0 aliphatic carbocycles. The smallest absolute Gasteiger partial charge is 0.257 e. The number of hydrogen-bond acceptors (Lipinski definition) is 5. The lowest BCUT2D eigenvalue weighted by molar-refractivity contribution is 0.0944. The van der Waals surface area contributed by atoms with Gasteiger partial charge in [0.2, 0.25) is 0 Å². The minimum Gasteiger partial charge on any atom is -0.352 e. The van der Waals surface area contributed by atoms with Gasteiger partial charge in [-0.3, -0.25) is 4.79 Å². The van der Waals surface area contributed by atoms with E-state index in [1.165, 1.54) is 6.42 Å². The Balaban J connectivity index is 1.68. The van der Waals surface area contributed by atoms with Crippen LogP contribution in [0.25, 0.3) is 11.1 Å². The second kappa shape index (κ2) is 6.22. The largest absolute Gasteiger partial charge is 0.352 e. The summed E-state index contributed by atoms with van der Waals surface area (Å²) in [6, 6.07) is 1.81. The van der Waals surface area contributed by atoms with Gasteiger partial charge in [0.25, 0.3) is 11.6 Å².